The highest BCUT2D eigenvalue weighted by Gasteiger charge is 2.23. The minimum atomic E-state index is -0.897. The van der Waals surface area contributed by atoms with Gasteiger partial charge in [0.25, 0.3) is 0 Å². The Bertz CT molecular complexity index is 1050. The zero-order chi connectivity index (χ0) is 23.1. The number of halogens is 2. The van der Waals surface area contributed by atoms with Gasteiger partial charge in [0.1, 0.15) is 28.9 Å². The molecule has 3 rings (SSSR count). The van der Waals surface area contributed by atoms with E-state index in [0.29, 0.717) is 18.0 Å². The van der Waals surface area contributed by atoms with E-state index < -0.39 is 23.4 Å². The average molecular weight is 443 g/mol. The van der Waals surface area contributed by atoms with Gasteiger partial charge in [-0.15, -0.1) is 0 Å². The van der Waals surface area contributed by atoms with Gasteiger partial charge in [-0.1, -0.05) is 6.07 Å². The topological polar surface area (TPSA) is 88.6 Å². The van der Waals surface area contributed by atoms with Crippen molar-refractivity contribution < 1.29 is 23.0 Å². The minimum Gasteiger partial charge on any atom is -0.497 e. The first-order chi connectivity index (χ1) is 15.4. The lowest BCUT2D eigenvalue weighted by Crippen LogP contribution is -2.32. The summed E-state index contributed by atoms with van der Waals surface area (Å²) in [6.07, 6.45) is 1.47. The molecule has 0 saturated carbocycles. The summed E-state index contributed by atoms with van der Waals surface area (Å²) in [6.45, 7) is 2.30. The standard InChI is InChI=1S/C22H23F2N5O3/c1-14(13-31-2)26-21-25-12-11-19(27-21)29(15-7-9-16(32-3)10-8-15)22(30)28-20-17(23)5-4-6-18(20)24/h4-12,14H,13H2,1-3H3,(H,28,30)(H,25,26,27)/t14-/m0/s1. The highest BCUT2D eigenvalue weighted by atomic mass is 19.1. The van der Waals surface area contributed by atoms with Gasteiger partial charge < -0.3 is 20.1 Å². The van der Waals surface area contributed by atoms with E-state index in [4.69, 9.17) is 9.47 Å². The van der Waals surface area contributed by atoms with E-state index in [1.54, 1.807) is 31.4 Å². The summed E-state index contributed by atoms with van der Waals surface area (Å²) in [5, 5.41) is 5.36. The number of benzene rings is 2. The van der Waals surface area contributed by atoms with Crippen molar-refractivity contribution in [1.82, 2.24) is 9.97 Å². The second-order valence-corrected chi connectivity index (χ2v) is 6.80. The Morgan fingerprint density at radius 1 is 1.09 bits per heavy atom. The van der Waals surface area contributed by atoms with Gasteiger partial charge >= 0.3 is 6.03 Å². The maximum Gasteiger partial charge on any atom is 0.332 e. The van der Waals surface area contributed by atoms with Crippen LogP contribution in [0.15, 0.2) is 54.7 Å². The van der Waals surface area contributed by atoms with Crippen LogP contribution in [0.5, 0.6) is 5.75 Å². The van der Waals surface area contributed by atoms with E-state index in [-0.39, 0.29) is 17.8 Å². The lowest BCUT2D eigenvalue weighted by atomic mass is 10.2. The van der Waals surface area contributed by atoms with Crippen LogP contribution in [0.1, 0.15) is 6.92 Å². The Labute approximate surface area is 184 Å². The summed E-state index contributed by atoms with van der Waals surface area (Å²) in [4.78, 5) is 22.9. The molecule has 2 aromatic carbocycles. The third-order valence-corrected chi connectivity index (χ3v) is 4.39. The fourth-order valence-electron chi connectivity index (χ4n) is 2.92. The number of methoxy groups -OCH3 is 2. The normalized spacial score (nSPS) is 11.5. The number of urea groups is 1. The first kappa shape index (κ1) is 22.9. The Morgan fingerprint density at radius 3 is 2.41 bits per heavy atom. The van der Waals surface area contributed by atoms with Crippen molar-refractivity contribution in [2.24, 2.45) is 0 Å². The zero-order valence-corrected chi connectivity index (χ0v) is 17.8. The van der Waals surface area contributed by atoms with Crippen LogP contribution >= 0.6 is 0 Å². The van der Waals surface area contributed by atoms with Gasteiger partial charge in [0.15, 0.2) is 0 Å². The molecule has 2 N–H and O–H groups in total. The molecular weight excluding hydrogens is 420 g/mol. The van der Waals surface area contributed by atoms with Crippen molar-refractivity contribution in [3.05, 3.63) is 66.4 Å². The summed E-state index contributed by atoms with van der Waals surface area (Å²) >= 11 is 0. The number of rotatable bonds is 8. The fourth-order valence-corrected chi connectivity index (χ4v) is 2.92. The highest BCUT2D eigenvalue weighted by molar-refractivity contribution is 6.06. The van der Waals surface area contributed by atoms with Crippen LogP contribution in [0.4, 0.5) is 36.7 Å². The number of amides is 2. The van der Waals surface area contributed by atoms with Gasteiger partial charge in [0, 0.05) is 25.4 Å². The third-order valence-electron chi connectivity index (χ3n) is 4.39. The smallest absolute Gasteiger partial charge is 0.332 e. The maximum atomic E-state index is 14.1. The fraction of sp³-hybridized carbons (Fsp3) is 0.227. The first-order valence-electron chi connectivity index (χ1n) is 9.70. The summed E-state index contributed by atoms with van der Waals surface area (Å²) in [6, 6.07) is 10.5. The van der Waals surface area contributed by atoms with Crippen molar-refractivity contribution in [3.63, 3.8) is 0 Å². The molecule has 0 bridgehead atoms. The van der Waals surface area contributed by atoms with Gasteiger partial charge in [0.05, 0.1) is 19.4 Å². The number of hydrogen-bond donors (Lipinski definition) is 2. The summed E-state index contributed by atoms with van der Waals surface area (Å²) in [5.41, 5.74) is -0.160. The van der Waals surface area contributed by atoms with Crippen LogP contribution in [0, 0.1) is 11.6 Å². The van der Waals surface area contributed by atoms with Crippen LogP contribution in [0.2, 0.25) is 0 Å². The number of aromatic nitrogens is 2. The number of anilines is 4. The van der Waals surface area contributed by atoms with Gasteiger partial charge in [-0.25, -0.2) is 23.5 Å². The van der Waals surface area contributed by atoms with Crippen molar-refractivity contribution in [3.8, 4) is 5.75 Å². The highest BCUT2D eigenvalue weighted by Crippen LogP contribution is 2.28. The Balaban J connectivity index is 1.98. The van der Waals surface area contributed by atoms with Gasteiger partial charge in [-0.05, 0) is 43.3 Å². The Hall–Kier alpha value is -3.79. The number of nitrogens with zero attached hydrogens (tertiary/aromatic N) is 3. The molecular formula is C22H23F2N5O3. The molecule has 0 aliphatic heterocycles. The van der Waals surface area contributed by atoms with Crippen molar-refractivity contribution in [2.75, 3.05) is 36.4 Å². The molecule has 1 atom stereocenters. The van der Waals surface area contributed by atoms with Crippen LogP contribution in [-0.2, 0) is 4.74 Å². The van der Waals surface area contributed by atoms with Crippen LogP contribution in [0.3, 0.4) is 0 Å². The van der Waals surface area contributed by atoms with E-state index in [2.05, 4.69) is 20.6 Å². The quantitative estimate of drug-likeness (QED) is 0.530. The van der Waals surface area contributed by atoms with Gasteiger partial charge in [-0.2, -0.15) is 4.98 Å². The first-order valence-corrected chi connectivity index (χ1v) is 9.70. The second-order valence-electron chi connectivity index (χ2n) is 6.80. The summed E-state index contributed by atoms with van der Waals surface area (Å²) < 4.78 is 38.5. The molecule has 1 aromatic heterocycles. The lowest BCUT2D eigenvalue weighted by molar-refractivity contribution is 0.190. The Morgan fingerprint density at radius 2 is 1.78 bits per heavy atom. The van der Waals surface area contributed by atoms with E-state index in [0.717, 1.165) is 12.1 Å². The lowest BCUT2D eigenvalue weighted by Gasteiger charge is -2.23. The van der Waals surface area contributed by atoms with Crippen LogP contribution in [0.25, 0.3) is 0 Å². The molecule has 0 unspecified atom stereocenters. The number of ether oxygens (including phenoxy) is 2. The molecule has 0 aliphatic rings. The number of carbonyl (C=O) groups excluding carboxylic acids is 1. The molecule has 3 aromatic rings. The zero-order valence-electron chi connectivity index (χ0n) is 17.8. The van der Waals surface area contributed by atoms with Crippen molar-refractivity contribution in [2.45, 2.75) is 13.0 Å². The molecule has 10 heteroatoms. The molecule has 2 amide bonds. The van der Waals surface area contributed by atoms with E-state index >= 15 is 0 Å². The van der Waals surface area contributed by atoms with E-state index in [1.165, 1.54) is 30.3 Å². The van der Waals surface area contributed by atoms with Gasteiger partial charge in [-0.3, -0.25) is 0 Å². The number of carbonyl (C=O) groups is 1. The molecule has 0 spiro atoms. The third kappa shape index (κ3) is 5.46. The predicted octanol–water partition coefficient (Wildman–Crippen LogP) is 4.58. The van der Waals surface area contributed by atoms with Crippen LogP contribution < -0.4 is 20.3 Å². The maximum absolute atomic E-state index is 14.1. The molecule has 8 nitrogen and oxygen atoms in total. The van der Waals surface area contributed by atoms with Gasteiger partial charge in [0.2, 0.25) is 5.95 Å². The molecule has 1 heterocycles. The molecule has 0 fully saturated rings. The second kappa shape index (κ2) is 10.5. The predicted molar refractivity (Wildman–Crippen MR) is 118 cm³/mol. The average Bonchev–Trinajstić information content (AvgIpc) is 2.77. The summed E-state index contributed by atoms with van der Waals surface area (Å²) in [7, 11) is 3.09. The largest absolute Gasteiger partial charge is 0.497 e. The number of hydrogen-bond acceptors (Lipinski definition) is 6. The number of nitrogens with one attached hydrogen (secondary N) is 2. The SMILES string of the molecule is COC[C@H](C)Nc1nccc(N(C(=O)Nc2c(F)cccc2F)c2ccc(OC)cc2)n1. The molecule has 168 valence electrons. The molecule has 32 heavy (non-hydrogen) atoms. The molecule has 0 aliphatic carbocycles. The minimum absolute atomic E-state index is 0.0916. The molecule has 0 radical (unpaired) electrons. The van der Waals surface area contributed by atoms with E-state index in [9.17, 15) is 13.6 Å². The van der Waals surface area contributed by atoms with Crippen LogP contribution in [-0.4, -0.2) is 42.9 Å². The van der Waals surface area contributed by atoms with Crippen molar-refractivity contribution >= 4 is 29.2 Å². The summed E-state index contributed by atoms with van der Waals surface area (Å²) in [5.74, 6) is -0.771. The Kier molecular flexibility index (Phi) is 7.50. The van der Waals surface area contributed by atoms with E-state index in [1.807, 2.05) is 6.92 Å². The monoisotopic (exact) mass is 443 g/mol. The molecule has 0 saturated heterocycles. The van der Waals surface area contributed by atoms with Crippen molar-refractivity contribution in [1.29, 1.82) is 0 Å². The number of para-hydroxylation sites is 1.